The van der Waals surface area contributed by atoms with Gasteiger partial charge in [-0.2, -0.15) is 8.78 Å². The number of aliphatic hydroxyl groups is 5. The van der Waals surface area contributed by atoms with Gasteiger partial charge in [0, 0.05) is 6.42 Å². The van der Waals surface area contributed by atoms with E-state index in [1.54, 1.807) is 0 Å². The Hall–Kier alpha value is -1.13. The number of nitrogens with two attached hydrogens (primary N) is 1. The molecule has 0 heterocycles. The van der Waals surface area contributed by atoms with Crippen LogP contribution in [0, 0.1) is 5.92 Å². The van der Waals surface area contributed by atoms with Gasteiger partial charge < -0.3 is 31.3 Å². The summed E-state index contributed by atoms with van der Waals surface area (Å²) in [4.78, 5) is 11.0. The Morgan fingerprint density at radius 2 is 1.72 bits per heavy atom. The zero-order chi connectivity index (χ0) is 14.6. The smallest absolute Gasteiger partial charge is 0.355 e. The number of rotatable bonds is 2. The fourth-order valence-electron chi connectivity index (χ4n) is 1.94. The van der Waals surface area contributed by atoms with Crippen molar-refractivity contribution < 1.29 is 39.1 Å². The molecule has 1 rings (SSSR count). The molecule has 7 nitrogen and oxygen atoms in total. The summed E-state index contributed by atoms with van der Waals surface area (Å²) in [6, 6.07) is 0. The first kappa shape index (κ1) is 14.9. The molecular formula is C9H13F2NO6. The van der Waals surface area contributed by atoms with Gasteiger partial charge in [-0.05, 0) is 0 Å². The molecule has 1 fully saturated rings. The van der Waals surface area contributed by atoms with E-state index in [0.29, 0.717) is 6.08 Å². The van der Waals surface area contributed by atoms with Gasteiger partial charge in [-0.25, -0.2) is 0 Å². The molecule has 0 aromatic heterocycles. The Labute approximate surface area is 99.8 Å². The standard InChI is InChI=1S/C9H13F2NO6/c1-2-6(14)4(5(12)13)3-7(15,16)8(10,11)9(6,17)18/h2,4,14-18H,1,3H2,(H2,12,13). The number of hydrogen-bond donors (Lipinski definition) is 6. The maximum absolute atomic E-state index is 13.5. The van der Waals surface area contributed by atoms with Crippen LogP contribution in [-0.2, 0) is 4.79 Å². The van der Waals surface area contributed by atoms with E-state index < -0.39 is 41.3 Å². The number of halogens is 2. The van der Waals surface area contributed by atoms with Crippen LogP contribution in [0.25, 0.3) is 0 Å². The average Bonchev–Trinajstić information content (AvgIpc) is 2.22. The molecule has 1 aliphatic carbocycles. The normalized spacial score (nSPS) is 36.9. The van der Waals surface area contributed by atoms with E-state index in [2.05, 4.69) is 6.58 Å². The van der Waals surface area contributed by atoms with Gasteiger partial charge in [0.2, 0.25) is 11.7 Å². The molecule has 0 aliphatic heterocycles. The van der Waals surface area contributed by atoms with Crippen molar-refractivity contribution >= 4 is 5.91 Å². The molecule has 2 atom stereocenters. The maximum atomic E-state index is 13.5. The lowest BCUT2D eigenvalue weighted by Gasteiger charge is -2.53. The highest BCUT2D eigenvalue weighted by atomic mass is 19.3. The van der Waals surface area contributed by atoms with Crippen LogP contribution >= 0.6 is 0 Å². The maximum Gasteiger partial charge on any atom is 0.355 e. The van der Waals surface area contributed by atoms with Gasteiger partial charge in [-0.15, -0.1) is 6.58 Å². The third-order valence-electron chi connectivity index (χ3n) is 3.17. The number of primary amides is 1. The number of amides is 1. The second-order valence-corrected chi connectivity index (χ2v) is 4.25. The molecule has 0 radical (unpaired) electrons. The number of alkyl halides is 2. The third-order valence-corrected chi connectivity index (χ3v) is 3.17. The summed E-state index contributed by atoms with van der Waals surface area (Å²) in [6.07, 6.45) is -1.09. The molecule has 0 aromatic rings. The van der Waals surface area contributed by atoms with Crippen molar-refractivity contribution in [2.24, 2.45) is 11.7 Å². The summed E-state index contributed by atoms with van der Waals surface area (Å²) in [6.45, 7) is 2.92. The highest BCUT2D eigenvalue weighted by molar-refractivity contribution is 5.79. The van der Waals surface area contributed by atoms with Crippen LogP contribution in [0.15, 0.2) is 12.7 Å². The molecule has 7 N–H and O–H groups in total. The van der Waals surface area contributed by atoms with Crippen molar-refractivity contribution in [3.63, 3.8) is 0 Å². The highest BCUT2D eigenvalue weighted by Crippen LogP contribution is 2.53. The third kappa shape index (κ3) is 1.49. The minimum absolute atomic E-state index is 0.297. The van der Waals surface area contributed by atoms with Gasteiger partial charge in [0.15, 0.2) is 5.60 Å². The molecule has 1 amide bonds. The zero-order valence-electron chi connectivity index (χ0n) is 9.05. The lowest BCUT2D eigenvalue weighted by atomic mass is 9.66. The minimum atomic E-state index is -4.94. The fourth-order valence-corrected chi connectivity index (χ4v) is 1.94. The van der Waals surface area contributed by atoms with E-state index in [0.717, 1.165) is 0 Å². The molecule has 1 aliphatic rings. The van der Waals surface area contributed by atoms with Crippen LogP contribution in [-0.4, -0.2) is 54.5 Å². The van der Waals surface area contributed by atoms with Crippen molar-refractivity contribution in [1.29, 1.82) is 0 Å². The van der Waals surface area contributed by atoms with E-state index in [1.807, 2.05) is 0 Å². The average molecular weight is 269 g/mol. The van der Waals surface area contributed by atoms with Gasteiger partial charge >= 0.3 is 5.92 Å². The lowest BCUT2D eigenvalue weighted by molar-refractivity contribution is -0.457. The molecule has 104 valence electrons. The predicted molar refractivity (Wildman–Crippen MR) is 51.7 cm³/mol. The molecule has 9 heteroatoms. The van der Waals surface area contributed by atoms with Gasteiger partial charge in [-0.3, -0.25) is 4.79 Å². The Balaban J connectivity index is 3.51. The highest BCUT2D eigenvalue weighted by Gasteiger charge is 2.79. The molecular weight excluding hydrogens is 256 g/mol. The predicted octanol–water partition coefficient (Wildman–Crippen LogP) is -2.59. The Morgan fingerprint density at radius 3 is 2.06 bits per heavy atom. The van der Waals surface area contributed by atoms with Crippen molar-refractivity contribution in [3.05, 3.63) is 12.7 Å². The molecule has 1 saturated carbocycles. The minimum Gasteiger partial charge on any atom is -0.379 e. The zero-order valence-corrected chi connectivity index (χ0v) is 9.05. The van der Waals surface area contributed by atoms with E-state index in [-0.39, 0.29) is 0 Å². The summed E-state index contributed by atoms with van der Waals surface area (Å²) < 4.78 is 27.0. The van der Waals surface area contributed by atoms with Crippen molar-refractivity contribution in [2.45, 2.75) is 29.5 Å². The summed E-state index contributed by atoms with van der Waals surface area (Å²) >= 11 is 0. The van der Waals surface area contributed by atoms with Crippen LogP contribution in [0.1, 0.15) is 6.42 Å². The van der Waals surface area contributed by atoms with Crippen molar-refractivity contribution in [1.82, 2.24) is 0 Å². The number of hydrogen-bond acceptors (Lipinski definition) is 6. The van der Waals surface area contributed by atoms with Crippen LogP contribution < -0.4 is 5.73 Å². The van der Waals surface area contributed by atoms with Crippen LogP contribution in [0.4, 0.5) is 8.78 Å². The van der Waals surface area contributed by atoms with Crippen molar-refractivity contribution in [3.8, 4) is 0 Å². The summed E-state index contributed by atoms with van der Waals surface area (Å²) in [5, 5.41) is 46.7. The number of carbonyl (C=O) groups is 1. The number of carbonyl (C=O) groups excluding carboxylic acids is 1. The monoisotopic (exact) mass is 269 g/mol. The summed E-state index contributed by atoms with van der Waals surface area (Å²) in [5.74, 6) is -16.7. The second kappa shape index (κ2) is 3.68. The first-order chi connectivity index (χ1) is 7.85. The molecule has 2 unspecified atom stereocenters. The molecule has 0 aromatic carbocycles. The van der Waals surface area contributed by atoms with Gasteiger partial charge in [0.25, 0.3) is 5.79 Å². The van der Waals surface area contributed by atoms with Gasteiger partial charge in [0.05, 0.1) is 5.92 Å². The van der Waals surface area contributed by atoms with E-state index >= 15 is 0 Å². The molecule has 0 spiro atoms. The summed E-state index contributed by atoms with van der Waals surface area (Å²) in [7, 11) is 0. The quantitative estimate of drug-likeness (QED) is 0.240. The first-order valence-electron chi connectivity index (χ1n) is 4.77. The largest absolute Gasteiger partial charge is 0.379 e. The fraction of sp³-hybridized carbons (Fsp3) is 0.667. The van der Waals surface area contributed by atoms with Crippen LogP contribution in [0.2, 0.25) is 0 Å². The van der Waals surface area contributed by atoms with Gasteiger partial charge in [0.1, 0.15) is 0 Å². The molecule has 0 saturated heterocycles. The van der Waals surface area contributed by atoms with Crippen LogP contribution in [0.5, 0.6) is 0 Å². The Morgan fingerprint density at radius 1 is 1.28 bits per heavy atom. The lowest BCUT2D eigenvalue weighted by Crippen LogP contribution is -2.79. The summed E-state index contributed by atoms with van der Waals surface area (Å²) in [5.41, 5.74) is 1.59. The molecule has 18 heavy (non-hydrogen) atoms. The SMILES string of the molecule is C=CC1(O)C(C(N)=O)CC(O)(O)C(F)(F)C1(O)O. The van der Waals surface area contributed by atoms with Gasteiger partial charge in [-0.1, -0.05) is 6.08 Å². The van der Waals surface area contributed by atoms with Crippen molar-refractivity contribution in [2.75, 3.05) is 0 Å². The van der Waals surface area contributed by atoms with E-state index in [1.165, 1.54) is 0 Å². The second-order valence-electron chi connectivity index (χ2n) is 4.25. The first-order valence-corrected chi connectivity index (χ1v) is 4.77. The molecule has 0 bridgehead atoms. The Bertz CT molecular complexity index is 397. The van der Waals surface area contributed by atoms with Crippen LogP contribution in [0.3, 0.4) is 0 Å². The van der Waals surface area contributed by atoms with E-state index in [9.17, 15) is 28.9 Å². The Kier molecular flexibility index (Phi) is 3.05. The van der Waals surface area contributed by atoms with E-state index in [4.69, 9.17) is 15.9 Å². The topological polar surface area (TPSA) is 144 Å².